The van der Waals surface area contributed by atoms with Crippen LogP contribution in [0.15, 0.2) is 60.8 Å². The molecule has 0 spiro atoms. The molecule has 0 radical (unpaired) electrons. The Labute approximate surface area is 380 Å². The fourth-order valence-corrected chi connectivity index (χ4v) is 7.59. The lowest BCUT2D eigenvalue weighted by Crippen LogP contribution is -2.27. The first-order valence-corrected chi connectivity index (χ1v) is 26.8. The summed E-state index contributed by atoms with van der Waals surface area (Å²) in [7, 11) is -4.43. The Morgan fingerprint density at radius 3 is 1.34 bits per heavy atom. The van der Waals surface area contributed by atoms with Crippen molar-refractivity contribution in [3.63, 3.8) is 0 Å². The van der Waals surface area contributed by atoms with E-state index in [9.17, 15) is 24.2 Å². The number of aliphatic hydroxyl groups is 1. The van der Waals surface area contributed by atoms with Gasteiger partial charge in [0.2, 0.25) is 5.91 Å². The van der Waals surface area contributed by atoms with Gasteiger partial charge in [-0.25, -0.2) is 4.57 Å². The first-order chi connectivity index (χ1) is 30.3. The fourth-order valence-electron chi connectivity index (χ4n) is 6.83. The number of carbonyl (C=O) groups is 2. The Morgan fingerprint density at radius 2 is 0.871 bits per heavy atom. The van der Waals surface area contributed by atoms with Crippen molar-refractivity contribution < 1.29 is 37.9 Å². The van der Waals surface area contributed by atoms with Crippen LogP contribution in [0.5, 0.6) is 0 Å². The zero-order valence-corrected chi connectivity index (χ0v) is 40.7. The SMILES string of the molecule is CCCCC/C=C\C/C=C\C/C=C\CCCCCCCCCCCCC(=O)NCCOP(=O)(O)OCC(O)COC(=O)CCCCCCCCC/C=C\C/C=C\CCCCCC. The van der Waals surface area contributed by atoms with Crippen LogP contribution in [0.2, 0.25) is 0 Å². The predicted molar refractivity (Wildman–Crippen MR) is 261 cm³/mol. The van der Waals surface area contributed by atoms with E-state index >= 15 is 0 Å². The topological polar surface area (TPSA) is 131 Å². The molecule has 9 nitrogen and oxygen atoms in total. The lowest BCUT2D eigenvalue weighted by atomic mass is 10.0. The maximum absolute atomic E-state index is 12.1. The van der Waals surface area contributed by atoms with Gasteiger partial charge in [-0.3, -0.25) is 18.6 Å². The van der Waals surface area contributed by atoms with Crippen LogP contribution in [-0.2, 0) is 27.9 Å². The van der Waals surface area contributed by atoms with Crippen molar-refractivity contribution >= 4 is 19.7 Å². The van der Waals surface area contributed by atoms with Crippen molar-refractivity contribution in [3.05, 3.63) is 60.8 Å². The van der Waals surface area contributed by atoms with Gasteiger partial charge in [-0.1, -0.05) is 190 Å². The summed E-state index contributed by atoms with van der Waals surface area (Å²) in [6.45, 7) is 3.51. The predicted octanol–water partition coefficient (Wildman–Crippen LogP) is 14.8. The second-order valence-corrected chi connectivity index (χ2v) is 18.2. The average molecular weight is 892 g/mol. The number of allylic oxidation sites excluding steroid dienone is 10. The molecule has 1 amide bonds. The second-order valence-electron chi connectivity index (χ2n) is 16.8. The molecule has 0 rings (SSSR count). The van der Waals surface area contributed by atoms with Crippen molar-refractivity contribution in [3.8, 4) is 0 Å². The number of hydrogen-bond acceptors (Lipinski definition) is 7. The zero-order chi connectivity index (χ0) is 45.3. The molecular formula is C52H94NO8P. The maximum atomic E-state index is 12.1. The van der Waals surface area contributed by atoms with Crippen LogP contribution in [0.4, 0.5) is 0 Å². The summed E-state index contributed by atoms with van der Waals surface area (Å²) < 4.78 is 27.0. The van der Waals surface area contributed by atoms with Crippen LogP contribution in [0, 0.1) is 0 Å². The highest BCUT2D eigenvalue weighted by Gasteiger charge is 2.23. The van der Waals surface area contributed by atoms with E-state index in [0.717, 1.165) is 70.6 Å². The molecule has 2 unspecified atom stereocenters. The molecule has 0 saturated heterocycles. The first kappa shape index (κ1) is 59.7. The van der Waals surface area contributed by atoms with Crippen LogP contribution in [0.25, 0.3) is 0 Å². The summed E-state index contributed by atoms with van der Waals surface area (Å²) in [6, 6.07) is 0. The van der Waals surface area contributed by atoms with Gasteiger partial charge in [0.15, 0.2) is 0 Å². The highest BCUT2D eigenvalue weighted by molar-refractivity contribution is 7.47. The molecule has 0 aliphatic rings. The summed E-state index contributed by atoms with van der Waals surface area (Å²) >= 11 is 0. The van der Waals surface area contributed by atoms with E-state index in [2.05, 4.69) is 79.9 Å². The molecule has 0 fully saturated rings. The number of unbranched alkanes of at least 4 members (excludes halogenated alkanes) is 24. The molecule has 62 heavy (non-hydrogen) atoms. The first-order valence-electron chi connectivity index (χ1n) is 25.3. The largest absolute Gasteiger partial charge is 0.472 e. The van der Waals surface area contributed by atoms with E-state index in [0.29, 0.717) is 6.42 Å². The quantitative estimate of drug-likeness (QED) is 0.0238. The van der Waals surface area contributed by atoms with Gasteiger partial charge in [-0.15, -0.1) is 0 Å². The molecule has 0 heterocycles. The molecular weight excluding hydrogens is 798 g/mol. The Bertz CT molecular complexity index is 1200. The van der Waals surface area contributed by atoms with Crippen molar-refractivity contribution in [2.45, 2.75) is 232 Å². The molecule has 0 aromatic carbocycles. The number of aliphatic hydroxyl groups excluding tert-OH is 1. The Balaban J connectivity index is 3.58. The zero-order valence-electron chi connectivity index (χ0n) is 39.8. The van der Waals surface area contributed by atoms with Crippen molar-refractivity contribution in [1.82, 2.24) is 5.32 Å². The standard InChI is InChI=1S/C52H94NO8P/c1-3-5-7-9-11-13-15-17-19-21-23-24-25-26-27-28-30-32-34-36-38-40-42-44-51(55)53-46-47-60-62(57,58)61-49-50(54)48-59-52(56)45-43-41-39-37-35-33-31-29-22-20-18-16-14-12-10-8-6-4-2/h11,13-14,16-17,19-20,22-24,50,54H,3-10,12,15,18,21,25-49H2,1-2H3,(H,53,55)(H,57,58)/b13-11-,16-14-,19-17-,22-20-,24-23-. The van der Waals surface area contributed by atoms with Gasteiger partial charge >= 0.3 is 13.8 Å². The molecule has 10 heteroatoms. The molecule has 0 bridgehead atoms. The highest BCUT2D eigenvalue weighted by Crippen LogP contribution is 2.42. The molecule has 0 aromatic rings. The molecule has 0 aromatic heterocycles. The van der Waals surface area contributed by atoms with Gasteiger partial charge in [0.25, 0.3) is 0 Å². The normalized spacial score (nSPS) is 13.7. The van der Waals surface area contributed by atoms with Crippen molar-refractivity contribution in [2.24, 2.45) is 0 Å². The number of esters is 1. The van der Waals surface area contributed by atoms with E-state index < -0.39 is 26.5 Å². The number of phosphoric acid groups is 1. The maximum Gasteiger partial charge on any atom is 0.472 e. The van der Waals surface area contributed by atoms with E-state index in [4.69, 9.17) is 13.8 Å². The summed E-state index contributed by atoms with van der Waals surface area (Å²) in [5.74, 6) is -0.527. The molecule has 0 aliphatic carbocycles. The molecule has 3 N–H and O–H groups in total. The van der Waals surface area contributed by atoms with Gasteiger partial charge in [0, 0.05) is 19.4 Å². The van der Waals surface area contributed by atoms with Crippen molar-refractivity contribution in [2.75, 3.05) is 26.4 Å². The number of amides is 1. The summed E-state index contributed by atoms with van der Waals surface area (Å²) in [4.78, 5) is 34.1. The lowest BCUT2D eigenvalue weighted by molar-refractivity contribution is -0.147. The van der Waals surface area contributed by atoms with Crippen LogP contribution in [-0.4, -0.2) is 54.3 Å². The van der Waals surface area contributed by atoms with E-state index in [1.165, 1.54) is 128 Å². The Hall–Kier alpha value is -2.29. The van der Waals surface area contributed by atoms with Crippen LogP contribution < -0.4 is 5.32 Å². The summed E-state index contributed by atoms with van der Waals surface area (Å²) in [5.41, 5.74) is 0. The fraction of sp³-hybridized carbons (Fsp3) is 0.769. The van der Waals surface area contributed by atoms with Gasteiger partial charge in [-0.05, 0) is 83.5 Å². The van der Waals surface area contributed by atoms with Gasteiger partial charge in [0.1, 0.15) is 12.7 Å². The molecule has 2 atom stereocenters. The average Bonchev–Trinajstić information content (AvgIpc) is 3.26. The van der Waals surface area contributed by atoms with E-state index in [1.807, 2.05) is 0 Å². The van der Waals surface area contributed by atoms with E-state index in [1.54, 1.807) is 0 Å². The minimum Gasteiger partial charge on any atom is -0.463 e. The van der Waals surface area contributed by atoms with E-state index in [-0.39, 0.29) is 32.1 Å². The minimum atomic E-state index is -4.43. The molecule has 0 saturated carbocycles. The Morgan fingerprint density at radius 1 is 0.500 bits per heavy atom. The second kappa shape index (κ2) is 48.2. The number of ether oxygens (including phenoxy) is 1. The lowest BCUT2D eigenvalue weighted by Gasteiger charge is -2.15. The summed E-state index contributed by atoms with van der Waals surface area (Å²) in [5, 5.41) is 12.7. The molecule has 0 aliphatic heterocycles. The van der Waals surface area contributed by atoms with Crippen LogP contribution in [0.1, 0.15) is 226 Å². The van der Waals surface area contributed by atoms with Crippen molar-refractivity contribution in [1.29, 1.82) is 0 Å². The number of rotatable bonds is 47. The monoisotopic (exact) mass is 892 g/mol. The smallest absolute Gasteiger partial charge is 0.463 e. The molecule has 360 valence electrons. The third-order valence-corrected chi connectivity index (χ3v) is 11.7. The number of hydrogen-bond donors (Lipinski definition) is 3. The van der Waals surface area contributed by atoms with Gasteiger partial charge < -0.3 is 20.1 Å². The third kappa shape index (κ3) is 48.7. The van der Waals surface area contributed by atoms with Gasteiger partial charge in [0.05, 0.1) is 13.2 Å². The number of carbonyl (C=O) groups excluding carboxylic acids is 2. The Kier molecular flexibility index (Phi) is 46.4. The summed E-state index contributed by atoms with van der Waals surface area (Å²) in [6.07, 6.45) is 58.6. The minimum absolute atomic E-state index is 0.0765. The van der Waals surface area contributed by atoms with Gasteiger partial charge in [-0.2, -0.15) is 0 Å². The number of phosphoric ester groups is 1. The van der Waals surface area contributed by atoms with Crippen LogP contribution >= 0.6 is 7.82 Å². The van der Waals surface area contributed by atoms with Crippen LogP contribution in [0.3, 0.4) is 0 Å². The highest BCUT2D eigenvalue weighted by atomic mass is 31.2. The number of nitrogens with one attached hydrogen (secondary N) is 1. The third-order valence-electron chi connectivity index (χ3n) is 10.7.